The summed E-state index contributed by atoms with van der Waals surface area (Å²) < 4.78 is 13.2. The topological polar surface area (TPSA) is 35.5 Å². The molecule has 0 aromatic rings. The molecule has 0 heterocycles. The largest absolute Gasteiger partial charge is 0.417 e. The van der Waals surface area contributed by atoms with Crippen LogP contribution < -0.4 is 0 Å². The van der Waals surface area contributed by atoms with Crippen molar-refractivity contribution in [2.45, 2.75) is 104 Å². The molecule has 4 rings (SSSR count). The van der Waals surface area contributed by atoms with Crippen LogP contribution in [-0.2, 0) is 13.6 Å². The second-order valence-corrected chi connectivity index (χ2v) is 21.9. The lowest BCUT2D eigenvalue weighted by Gasteiger charge is -2.58. The summed E-state index contributed by atoms with van der Waals surface area (Å²) in [6.07, 6.45) is 11.8. The quantitative estimate of drug-likeness (QED) is 0.352. The number of hydrogen-bond acceptors (Lipinski definition) is 3. The normalized spacial score (nSPS) is 41.7. The number of rotatable bonds is 5. The number of ketones is 1. The lowest BCUT2D eigenvalue weighted by molar-refractivity contribution is -0.132. The molecule has 4 aliphatic carbocycles. The maximum atomic E-state index is 12.8. The van der Waals surface area contributed by atoms with E-state index in [0.717, 1.165) is 32.3 Å². The van der Waals surface area contributed by atoms with Crippen LogP contribution in [0.5, 0.6) is 0 Å². The molecule has 0 amide bonds. The highest BCUT2D eigenvalue weighted by Crippen LogP contribution is 2.64. The predicted octanol–water partition coefficient (Wildman–Crippen LogP) is 6.57. The summed E-state index contributed by atoms with van der Waals surface area (Å²) >= 11 is 0. The van der Waals surface area contributed by atoms with Crippen LogP contribution in [0.15, 0.2) is 11.6 Å². The van der Waals surface area contributed by atoms with Crippen molar-refractivity contribution in [3.63, 3.8) is 0 Å². The third kappa shape index (κ3) is 4.09. The highest BCUT2D eigenvalue weighted by Gasteiger charge is 2.60. The molecule has 5 heteroatoms. The van der Waals surface area contributed by atoms with Crippen molar-refractivity contribution in [1.29, 1.82) is 0 Å². The smallest absolute Gasteiger partial charge is 0.184 e. The van der Waals surface area contributed by atoms with Crippen molar-refractivity contribution in [3.8, 4) is 0 Å². The lowest BCUT2D eigenvalue weighted by atomic mass is 9.47. The van der Waals surface area contributed by atoms with Crippen LogP contribution in [-0.4, -0.2) is 35.1 Å². The van der Waals surface area contributed by atoms with Crippen LogP contribution in [0, 0.1) is 28.6 Å². The van der Waals surface area contributed by atoms with Gasteiger partial charge in [-0.05, 0) is 102 Å². The Morgan fingerprint density at radius 1 is 1.00 bits per heavy atom. The van der Waals surface area contributed by atoms with Gasteiger partial charge in [-0.15, -0.1) is 0 Å². The number of carbonyl (C=O) groups excluding carboxylic acids is 1. The van der Waals surface area contributed by atoms with E-state index in [0.29, 0.717) is 29.6 Å². The molecule has 6 atom stereocenters. The first kappa shape index (κ1) is 22.9. The van der Waals surface area contributed by atoms with Gasteiger partial charge in [0.1, 0.15) is 5.78 Å². The van der Waals surface area contributed by atoms with Gasteiger partial charge in [-0.3, -0.25) is 4.79 Å². The van der Waals surface area contributed by atoms with Gasteiger partial charge in [0, 0.05) is 30.0 Å². The molecule has 0 bridgehead atoms. The van der Waals surface area contributed by atoms with Crippen molar-refractivity contribution in [1.82, 2.24) is 0 Å². The predicted molar refractivity (Wildman–Crippen MR) is 129 cm³/mol. The van der Waals surface area contributed by atoms with Crippen LogP contribution >= 0.6 is 0 Å². The Kier molecular flexibility index (Phi) is 5.87. The van der Waals surface area contributed by atoms with E-state index in [-0.39, 0.29) is 10.8 Å². The SMILES string of the molecule is CC12CCC3C(CC=C4CC(O[Si](C)(C)C)CCC43CO[Si](C)(C)C)C1CCC2=O. The first-order valence-corrected chi connectivity index (χ1v) is 19.2. The highest BCUT2D eigenvalue weighted by atomic mass is 28.4. The number of allylic oxidation sites excluding steroid dienone is 1. The average molecular weight is 449 g/mol. The average Bonchev–Trinajstić information content (AvgIpc) is 2.93. The van der Waals surface area contributed by atoms with Crippen LogP contribution in [0.1, 0.15) is 58.3 Å². The maximum Gasteiger partial charge on any atom is 0.184 e. The Hall–Kier alpha value is -0.236. The first-order chi connectivity index (χ1) is 13.8. The Labute approximate surface area is 186 Å². The molecule has 0 aliphatic heterocycles. The van der Waals surface area contributed by atoms with Gasteiger partial charge in [-0.1, -0.05) is 18.6 Å². The zero-order chi connectivity index (χ0) is 21.9. The van der Waals surface area contributed by atoms with Crippen molar-refractivity contribution >= 4 is 22.4 Å². The molecule has 3 fully saturated rings. The fourth-order valence-corrected chi connectivity index (χ4v) is 9.30. The Morgan fingerprint density at radius 2 is 1.73 bits per heavy atom. The number of carbonyl (C=O) groups is 1. The molecule has 4 aliphatic rings. The summed E-state index contributed by atoms with van der Waals surface area (Å²) in [4.78, 5) is 12.8. The molecular weight excluding hydrogens is 404 g/mol. The fraction of sp³-hybridized carbons (Fsp3) is 0.880. The molecule has 0 aromatic carbocycles. The third-order valence-electron chi connectivity index (χ3n) is 8.77. The molecule has 0 spiro atoms. The minimum absolute atomic E-state index is 0.0501. The van der Waals surface area contributed by atoms with E-state index >= 15 is 0 Å². The van der Waals surface area contributed by atoms with Crippen molar-refractivity contribution in [3.05, 3.63) is 11.6 Å². The summed E-state index contributed by atoms with van der Waals surface area (Å²) in [6, 6.07) is 0. The van der Waals surface area contributed by atoms with Crippen LogP contribution in [0.2, 0.25) is 39.3 Å². The third-order valence-corrected chi connectivity index (χ3v) is 10.8. The molecule has 6 unspecified atom stereocenters. The van der Waals surface area contributed by atoms with Crippen molar-refractivity contribution < 1.29 is 13.6 Å². The van der Waals surface area contributed by atoms with Crippen LogP contribution in [0.3, 0.4) is 0 Å². The molecule has 3 saturated carbocycles. The molecule has 170 valence electrons. The van der Waals surface area contributed by atoms with Gasteiger partial charge in [0.15, 0.2) is 16.6 Å². The van der Waals surface area contributed by atoms with E-state index in [2.05, 4.69) is 52.3 Å². The summed E-state index contributed by atoms with van der Waals surface area (Å²) in [7, 11) is -3.13. The monoisotopic (exact) mass is 448 g/mol. The number of fused-ring (bicyclic) bond motifs is 5. The van der Waals surface area contributed by atoms with Crippen LogP contribution in [0.4, 0.5) is 0 Å². The molecule has 0 N–H and O–H groups in total. The molecule has 0 radical (unpaired) electrons. The highest BCUT2D eigenvalue weighted by molar-refractivity contribution is 6.70. The first-order valence-electron chi connectivity index (χ1n) is 12.4. The standard InChI is InChI=1S/C25H44O3Si2/c1-24-14-13-22-20(21(24)10-11-23(24)26)9-8-18-16-19(28-30(5,6)7)12-15-25(18,22)17-27-29(2,3)4/h8,19-22H,9-17H2,1-7H3. The van der Waals surface area contributed by atoms with Gasteiger partial charge in [0.05, 0.1) is 0 Å². The summed E-state index contributed by atoms with van der Waals surface area (Å²) in [6.45, 7) is 17.1. The molecule has 0 saturated heterocycles. The molecule has 3 nitrogen and oxygen atoms in total. The van der Waals surface area contributed by atoms with E-state index in [1.54, 1.807) is 5.57 Å². The number of Topliss-reactive ketones (excluding diaryl/α,β-unsaturated/α-hetero) is 1. The Bertz CT molecular complexity index is 719. The Morgan fingerprint density at radius 3 is 2.40 bits per heavy atom. The zero-order valence-corrected chi connectivity index (χ0v) is 22.5. The van der Waals surface area contributed by atoms with E-state index in [4.69, 9.17) is 8.85 Å². The minimum atomic E-state index is -1.59. The fourth-order valence-electron chi connectivity index (χ4n) is 7.41. The van der Waals surface area contributed by atoms with Gasteiger partial charge in [0.2, 0.25) is 0 Å². The van der Waals surface area contributed by atoms with Gasteiger partial charge >= 0.3 is 0 Å². The second-order valence-electron chi connectivity index (χ2n) is 12.9. The van der Waals surface area contributed by atoms with Crippen LogP contribution in [0.25, 0.3) is 0 Å². The van der Waals surface area contributed by atoms with Crippen molar-refractivity contribution in [2.24, 2.45) is 28.6 Å². The summed E-state index contributed by atoms with van der Waals surface area (Å²) in [5.41, 5.74) is 1.78. The minimum Gasteiger partial charge on any atom is -0.417 e. The van der Waals surface area contributed by atoms with Crippen molar-refractivity contribution in [2.75, 3.05) is 6.61 Å². The van der Waals surface area contributed by atoms with Gasteiger partial charge < -0.3 is 8.85 Å². The van der Waals surface area contributed by atoms with E-state index < -0.39 is 16.6 Å². The van der Waals surface area contributed by atoms with E-state index in [1.807, 2.05) is 0 Å². The lowest BCUT2D eigenvalue weighted by Crippen LogP contribution is -2.54. The van der Waals surface area contributed by atoms with E-state index in [9.17, 15) is 4.79 Å². The second kappa shape index (κ2) is 7.67. The molecular formula is C25H44O3Si2. The summed E-state index contributed by atoms with van der Waals surface area (Å²) in [5.74, 6) is 2.48. The Balaban J connectivity index is 1.64. The van der Waals surface area contributed by atoms with E-state index in [1.165, 1.54) is 25.7 Å². The maximum absolute atomic E-state index is 12.8. The summed E-state index contributed by atoms with van der Waals surface area (Å²) in [5, 5.41) is 0. The molecule has 30 heavy (non-hydrogen) atoms. The van der Waals surface area contributed by atoms with Gasteiger partial charge in [0.25, 0.3) is 0 Å². The van der Waals surface area contributed by atoms with Gasteiger partial charge in [-0.25, -0.2) is 0 Å². The van der Waals surface area contributed by atoms with Gasteiger partial charge in [-0.2, -0.15) is 0 Å². The number of hydrogen-bond donors (Lipinski definition) is 0. The zero-order valence-electron chi connectivity index (χ0n) is 20.5. The molecule has 0 aromatic heterocycles.